The Morgan fingerprint density at radius 2 is 1.73 bits per heavy atom. The average molecular weight is 340 g/mol. The Kier molecular flexibility index (Phi) is 4.00. The first-order valence-electron chi connectivity index (χ1n) is 8.81. The van der Waals surface area contributed by atoms with Crippen LogP contribution >= 0.6 is 0 Å². The summed E-state index contributed by atoms with van der Waals surface area (Å²) in [6.07, 6.45) is 5.57. The topological polar surface area (TPSA) is 29.7 Å². The Labute approximate surface area is 154 Å². The number of rotatable bonds is 2. The summed E-state index contributed by atoms with van der Waals surface area (Å²) >= 11 is 0. The Bertz CT molecular complexity index is 1120. The SMILES string of the molecule is Cc1cc(C)c(C)c(-c2cc3ccc(-c4ccncn4)cc3c[n+]2C)c1. The van der Waals surface area contributed by atoms with Gasteiger partial charge < -0.3 is 0 Å². The Balaban J connectivity index is 1.88. The van der Waals surface area contributed by atoms with E-state index < -0.39 is 0 Å². The van der Waals surface area contributed by atoms with Crippen LogP contribution in [0.2, 0.25) is 0 Å². The summed E-state index contributed by atoms with van der Waals surface area (Å²) in [5.74, 6) is 0. The maximum atomic E-state index is 4.36. The lowest BCUT2D eigenvalue weighted by Crippen LogP contribution is -2.30. The van der Waals surface area contributed by atoms with E-state index >= 15 is 0 Å². The monoisotopic (exact) mass is 340 g/mol. The van der Waals surface area contributed by atoms with Crippen molar-refractivity contribution in [1.82, 2.24) is 9.97 Å². The van der Waals surface area contributed by atoms with Crippen LogP contribution in [-0.4, -0.2) is 9.97 Å². The van der Waals surface area contributed by atoms with E-state index in [9.17, 15) is 0 Å². The van der Waals surface area contributed by atoms with Gasteiger partial charge in [0.05, 0.1) is 5.69 Å². The molecule has 2 heterocycles. The zero-order chi connectivity index (χ0) is 18.3. The molecule has 3 heteroatoms. The molecule has 128 valence electrons. The number of nitrogens with zero attached hydrogens (tertiary/aromatic N) is 3. The zero-order valence-electron chi connectivity index (χ0n) is 15.6. The van der Waals surface area contributed by atoms with Gasteiger partial charge in [-0.1, -0.05) is 23.8 Å². The lowest BCUT2D eigenvalue weighted by Gasteiger charge is -2.10. The van der Waals surface area contributed by atoms with Crippen LogP contribution in [0.3, 0.4) is 0 Å². The first kappa shape index (κ1) is 16.4. The van der Waals surface area contributed by atoms with Crippen molar-refractivity contribution < 1.29 is 4.57 Å². The Hall–Kier alpha value is -3.07. The van der Waals surface area contributed by atoms with E-state index in [0.29, 0.717) is 0 Å². The van der Waals surface area contributed by atoms with Gasteiger partial charge in [0, 0.05) is 28.8 Å². The third kappa shape index (κ3) is 2.86. The van der Waals surface area contributed by atoms with Crippen LogP contribution in [0.1, 0.15) is 16.7 Å². The molecular formula is C23H22N3+. The van der Waals surface area contributed by atoms with E-state index in [-0.39, 0.29) is 0 Å². The van der Waals surface area contributed by atoms with Gasteiger partial charge in [0.1, 0.15) is 13.4 Å². The van der Waals surface area contributed by atoms with Crippen LogP contribution in [0.15, 0.2) is 61.2 Å². The van der Waals surface area contributed by atoms with Gasteiger partial charge in [-0.25, -0.2) is 14.5 Å². The second-order valence-electron chi connectivity index (χ2n) is 6.96. The minimum absolute atomic E-state index is 0.943. The highest BCUT2D eigenvalue weighted by Crippen LogP contribution is 2.28. The molecule has 2 aromatic carbocycles. The van der Waals surface area contributed by atoms with E-state index in [0.717, 1.165) is 11.3 Å². The third-order valence-electron chi connectivity index (χ3n) is 5.06. The largest absolute Gasteiger partial charge is 0.245 e. The van der Waals surface area contributed by atoms with Crippen molar-refractivity contribution in [2.75, 3.05) is 0 Å². The van der Waals surface area contributed by atoms with Crippen molar-refractivity contribution in [1.29, 1.82) is 0 Å². The molecule has 0 saturated heterocycles. The quantitative estimate of drug-likeness (QED) is 0.495. The van der Waals surface area contributed by atoms with Gasteiger partial charge >= 0.3 is 0 Å². The molecule has 0 aliphatic carbocycles. The third-order valence-corrected chi connectivity index (χ3v) is 5.06. The fourth-order valence-corrected chi connectivity index (χ4v) is 3.54. The van der Waals surface area contributed by atoms with Crippen molar-refractivity contribution in [2.24, 2.45) is 7.05 Å². The van der Waals surface area contributed by atoms with Crippen LogP contribution in [0.4, 0.5) is 0 Å². The highest BCUT2D eigenvalue weighted by molar-refractivity contribution is 5.88. The number of fused-ring (bicyclic) bond motifs is 1. The average Bonchev–Trinajstić information content (AvgIpc) is 2.64. The molecule has 0 bridgehead atoms. The maximum absolute atomic E-state index is 4.36. The molecule has 0 aliphatic heterocycles. The van der Waals surface area contributed by atoms with E-state index in [1.165, 1.54) is 38.7 Å². The molecule has 4 aromatic rings. The van der Waals surface area contributed by atoms with E-state index in [2.05, 4.69) is 84.9 Å². The van der Waals surface area contributed by atoms with Gasteiger partial charge in [-0.05, 0) is 55.5 Å². The Morgan fingerprint density at radius 1 is 0.885 bits per heavy atom. The second kappa shape index (κ2) is 6.34. The summed E-state index contributed by atoms with van der Waals surface area (Å²) in [6.45, 7) is 6.54. The van der Waals surface area contributed by atoms with Crippen LogP contribution in [0, 0.1) is 20.8 Å². The summed E-state index contributed by atoms with van der Waals surface area (Å²) in [5.41, 5.74) is 8.54. The number of benzene rings is 2. The van der Waals surface area contributed by atoms with Gasteiger partial charge in [-0.15, -0.1) is 0 Å². The predicted octanol–water partition coefficient (Wildman–Crippen LogP) is 4.71. The molecule has 0 saturated carbocycles. The molecule has 3 nitrogen and oxygen atoms in total. The molecule has 4 rings (SSSR count). The van der Waals surface area contributed by atoms with E-state index in [1.807, 2.05) is 6.07 Å². The van der Waals surface area contributed by atoms with Gasteiger partial charge in [-0.2, -0.15) is 0 Å². The molecule has 0 fully saturated rings. The highest BCUT2D eigenvalue weighted by atomic mass is 14.9. The number of aromatic nitrogens is 3. The molecular weight excluding hydrogens is 318 g/mol. The molecule has 26 heavy (non-hydrogen) atoms. The molecule has 2 aromatic heterocycles. The van der Waals surface area contributed by atoms with Crippen LogP contribution in [-0.2, 0) is 7.05 Å². The van der Waals surface area contributed by atoms with Gasteiger partial charge in [0.2, 0.25) is 5.69 Å². The van der Waals surface area contributed by atoms with Gasteiger partial charge in [0.15, 0.2) is 6.20 Å². The van der Waals surface area contributed by atoms with Crippen molar-refractivity contribution in [2.45, 2.75) is 20.8 Å². The first-order chi connectivity index (χ1) is 12.5. The highest BCUT2D eigenvalue weighted by Gasteiger charge is 2.16. The fraction of sp³-hybridized carbons (Fsp3) is 0.174. The van der Waals surface area contributed by atoms with Gasteiger partial charge in [0.25, 0.3) is 0 Å². The molecule has 0 spiro atoms. The van der Waals surface area contributed by atoms with E-state index in [4.69, 9.17) is 0 Å². The molecule has 0 N–H and O–H groups in total. The minimum Gasteiger partial charge on any atom is -0.245 e. The Morgan fingerprint density at radius 3 is 2.50 bits per heavy atom. The predicted molar refractivity (Wildman–Crippen MR) is 106 cm³/mol. The molecule has 0 aliphatic rings. The lowest BCUT2D eigenvalue weighted by atomic mass is 9.96. The molecule has 0 unspecified atom stereocenters. The first-order valence-corrected chi connectivity index (χ1v) is 8.81. The summed E-state index contributed by atoms with van der Waals surface area (Å²) in [6, 6.07) is 15.2. The fourth-order valence-electron chi connectivity index (χ4n) is 3.54. The molecule has 0 radical (unpaired) electrons. The van der Waals surface area contributed by atoms with Crippen LogP contribution in [0.5, 0.6) is 0 Å². The second-order valence-corrected chi connectivity index (χ2v) is 6.96. The lowest BCUT2D eigenvalue weighted by molar-refractivity contribution is -0.659. The normalized spacial score (nSPS) is 11.1. The van der Waals surface area contributed by atoms with Crippen molar-refractivity contribution in [3.05, 3.63) is 77.9 Å². The standard InChI is InChI=1S/C23H22N3/c1-15-9-16(2)17(3)21(10-15)23-12-18-5-6-19(11-20(18)13-26(23)4)22-7-8-24-14-25-22/h5-14H,1-4H3/q+1. The smallest absolute Gasteiger partial charge is 0.213 e. The van der Waals surface area contributed by atoms with Gasteiger partial charge in [-0.3, -0.25) is 0 Å². The molecule has 0 amide bonds. The van der Waals surface area contributed by atoms with Crippen LogP contribution in [0.25, 0.3) is 33.3 Å². The maximum Gasteiger partial charge on any atom is 0.213 e. The van der Waals surface area contributed by atoms with Crippen molar-refractivity contribution in [3.63, 3.8) is 0 Å². The number of hydrogen-bond acceptors (Lipinski definition) is 2. The zero-order valence-corrected chi connectivity index (χ0v) is 15.6. The van der Waals surface area contributed by atoms with E-state index in [1.54, 1.807) is 12.5 Å². The van der Waals surface area contributed by atoms with Crippen LogP contribution < -0.4 is 4.57 Å². The summed E-state index contributed by atoms with van der Waals surface area (Å²) in [4.78, 5) is 8.36. The number of aryl methyl sites for hydroxylation is 3. The van der Waals surface area contributed by atoms with Crippen molar-refractivity contribution in [3.8, 4) is 22.5 Å². The summed E-state index contributed by atoms with van der Waals surface area (Å²) in [5, 5.41) is 2.43. The number of pyridine rings is 1. The summed E-state index contributed by atoms with van der Waals surface area (Å²) < 4.78 is 2.22. The molecule has 0 atom stereocenters. The number of hydrogen-bond donors (Lipinski definition) is 0. The van der Waals surface area contributed by atoms with Crippen molar-refractivity contribution >= 4 is 10.8 Å². The summed E-state index contributed by atoms with van der Waals surface area (Å²) in [7, 11) is 2.11. The minimum atomic E-state index is 0.943.